The van der Waals surface area contributed by atoms with Crippen molar-refractivity contribution in [3.63, 3.8) is 0 Å². The molecule has 3 N–H and O–H groups in total. The number of nitrogens with zero attached hydrogens (tertiary/aromatic N) is 1. The lowest BCUT2D eigenvalue weighted by Crippen LogP contribution is -1.68. The second-order valence-corrected chi connectivity index (χ2v) is 1.90. The van der Waals surface area contributed by atoms with Crippen LogP contribution in [0, 0.1) is 18.0 Å². The van der Waals surface area contributed by atoms with Gasteiger partial charge in [0.2, 0.25) is 4.91 Å². The Hall–Kier alpha value is -1.67. The molecule has 0 spiro atoms. The zero-order valence-electron chi connectivity index (χ0n) is 6.20. The molecule has 0 radical (unpaired) electrons. The number of nitrogens with one attached hydrogen (secondary N) is 2. The van der Waals surface area contributed by atoms with Gasteiger partial charge in [-0.3, -0.25) is 0 Å². The monoisotopic (exact) mass is 152 g/mol. The molecule has 0 aliphatic heterocycles. The number of phenols is 1. The number of phenolic OH excluding ortho intramolecular Hbond substituents is 1. The van der Waals surface area contributed by atoms with E-state index < -0.39 is 0 Å². The summed E-state index contributed by atoms with van der Waals surface area (Å²) in [6.45, 7) is 1.87. The molecule has 11 heavy (non-hydrogen) atoms. The molecule has 0 amide bonds. The summed E-state index contributed by atoms with van der Waals surface area (Å²) in [5, 5.41) is 8.92. The van der Waals surface area contributed by atoms with Crippen molar-refractivity contribution in [2.24, 2.45) is 0 Å². The van der Waals surface area contributed by atoms with Crippen LogP contribution in [0.15, 0.2) is 24.3 Å². The Bertz CT molecular complexity index is 233. The molecule has 4 heteroatoms. The van der Waals surface area contributed by atoms with E-state index in [0.29, 0.717) is 5.75 Å². The standard InChI is InChI=1S/C7H8O.H2N3/c1-6-4-2-3-5-7(6)8;1-3-2/h2-5,8H,1H3;1-2H/q;+1. The molecule has 0 saturated carbocycles. The van der Waals surface area contributed by atoms with Crippen LogP contribution in [-0.4, -0.2) is 5.11 Å². The highest BCUT2D eigenvalue weighted by Crippen LogP contribution is 2.12. The Morgan fingerprint density at radius 1 is 1.27 bits per heavy atom. The van der Waals surface area contributed by atoms with Crippen LogP contribution in [-0.2, 0) is 0 Å². The molecule has 0 heterocycles. The molecular formula is C7H10N3O+. The largest absolute Gasteiger partial charge is 0.508 e. The maximum atomic E-state index is 8.92. The van der Waals surface area contributed by atoms with Crippen LogP contribution in [0.1, 0.15) is 5.56 Å². The lowest BCUT2D eigenvalue weighted by atomic mass is 10.2. The summed E-state index contributed by atoms with van der Waals surface area (Å²) in [6.07, 6.45) is 0. The number of para-hydroxylation sites is 1. The van der Waals surface area contributed by atoms with Crippen molar-refractivity contribution >= 4 is 0 Å². The highest BCUT2D eigenvalue weighted by atomic mass is 16.3. The average molecular weight is 152 g/mol. The van der Waals surface area contributed by atoms with Crippen LogP contribution in [0.25, 0.3) is 0 Å². The van der Waals surface area contributed by atoms with Crippen molar-refractivity contribution in [2.45, 2.75) is 6.92 Å². The van der Waals surface area contributed by atoms with E-state index in [2.05, 4.69) is 0 Å². The zero-order valence-corrected chi connectivity index (χ0v) is 6.20. The Labute approximate surface area is 64.5 Å². The molecule has 58 valence electrons. The SMILES string of the molecule is Cc1ccccc1O.N=[N+]=N. The van der Waals surface area contributed by atoms with Crippen LogP contribution < -0.4 is 4.91 Å². The zero-order chi connectivity index (χ0) is 8.69. The van der Waals surface area contributed by atoms with E-state index in [9.17, 15) is 0 Å². The van der Waals surface area contributed by atoms with Gasteiger partial charge in [0.05, 0.1) is 0 Å². The van der Waals surface area contributed by atoms with Crippen molar-refractivity contribution in [3.05, 3.63) is 29.8 Å². The number of aromatic hydroxyl groups is 1. The molecule has 0 aliphatic rings. The predicted molar refractivity (Wildman–Crippen MR) is 40.4 cm³/mol. The summed E-state index contributed by atoms with van der Waals surface area (Å²) in [7, 11) is 0. The molecule has 1 rings (SSSR count). The van der Waals surface area contributed by atoms with Gasteiger partial charge in [0.15, 0.2) is 0 Å². The van der Waals surface area contributed by atoms with Gasteiger partial charge in [-0.25, -0.2) is 0 Å². The first-order valence-corrected chi connectivity index (χ1v) is 3.00. The summed E-state index contributed by atoms with van der Waals surface area (Å²) in [6, 6.07) is 7.25. The van der Waals surface area contributed by atoms with Crippen molar-refractivity contribution in [2.75, 3.05) is 0 Å². The lowest BCUT2D eigenvalue weighted by Gasteiger charge is -1.92. The molecule has 1 aromatic carbocycles. The minimum atomic E-state index is 0.368. The summed E-state index contributed by atoms with van der Waals surface area (Å²) in [4.78, 5) is 2.00. The Balaban J connectivity index is 0.000000292. The fourth-order valence-electron chi connectivity index (χ4n) is 0.563. The van der Waals surface area contributed by atoms with Gasteiger partial charge in [-0.05, 0) is 18.6 Å². The second kappa shape index (κ2) is 5.14. The molecular weight excluding hydrogens is 142 g/mol. The van der Waals surface area contributed by atoms with Crippen molar-refractivity contribution < 1.29 is 5.11 Å². The van der Waals surface area contributed by atoms with Crippen LogP contribution >= 0.6 is 0 Å². The summed E-state index contributed by atoms with van der Waals surface area (Å²) in [5.41, 5.74) is 11.9. The number of rotatable bonds is 0. The normalized spacial score (nSPS) is 7.36. The smallest absolute Gasteiger partial charge is 0.211 e. The first kappa shape index (κ1) is 9.33. The van der Waals surface area contributed by atoms with E-state index in [1.54, 1.807) is 6.07 Å². The van der Waals surface area contributed by atoms with E-state index in [1.807, 2.05) is 30.0 Å². The lowest BCUT2D eigenvalue weighted by molar-refractivity contribution is 0.471. The molecule has 1 aromatic rings. The minimum Gasteiger partial charge on any atom is -0.508 e. The molecule has 0 unspecified atom stereocenters. The Morgan fingerprint density at radius 3 is 2.00 bits per heavy atom. The van der Waals surface area contributed by atoms with Crippen LogP contribution in [0.4, 0.5) is 0 Å². The van der Waals surface area contributed by atoms with Gasteiger partial charge < -0.3 is 5.11 Å². The summed E-state index contributed by atoms with van der Waals surface area (Å²) < 4.78 is 0. The molecule has 0 fully saturated rings. The van der Waals surface area contributed by atoms with Gasteiger partial charge in [0.1, 0.15) is 16.8 Å². The van der Waals surface area contributed by atoms with Crippen molar-refractivity contribution in [3.8, 4) is 5.75 Å². The molecule has 0 bridgehead atoms. The third-order valence-electron chi connectivity index (χ3n) is 1.12. The van der Waals surface area contributed by atoms with E-state index >= 15 is 0 Å². The van der Waals surface area contributed by atoms with Crippen LogP contribution in [0.5, 0.6) is 5.75 Å². The Kier molecular flexibility index (Phi) is 4.36. The third-order valence-corrected chi connectivity index (χ3v) is 1.12. The molecule has 4 nitrogen and oxygen atoms in total. The van der Waals surface area contributed by atoms with E-state index in [0.717, 1.165) is 5.56 Å². The van der Waals surface area contributed by atoms with Gasteiger partial charge in [-0.1, -0.05) is 18.2 Å². The molecule has 0 atom stereocenters. The first-order chi connectivity index (χ1) is 5.22. The maximum absolute atomic E-state index is 8.92. The molecule has 0 saturated heterocycles. The number of aryl methyl sites for hydroxylation is 1. The second-order valence-electron chi connectivity index (χ2n) is 1.90. The summed E-state index contributed by atoms with van der Waals surface area (Å²) in [5.74, 6) is 0.368. The van der Waals surface area contributed by atoms with E-state index in [1.165, 1.54) is 0 Å². The highest BCUT2D eigenvalue weighted by Gasteiger charge is 1.86. The van der Waals surface area contributed by atoms with Crippen LogP contribution in [0.2, 0.25) is 0 Å². The van der Waals surface area contributed by atoms with Gasteiger partial charge in [-0.15, -0.1) is 0 Å². The topological polar surface area (TPSA) is 82.0 Å². The fourth-order valence-corrected chi connectivity index (χ4v) is 0.563. The van der Waals surface area contributed by atoms with Crippen molar-refractivity contribution in [1.29, 1.82) is 11.1 Å². The van der Waals surface area contributed by atoms with E-state index in [4.69, 9.17) is 16.2 Å². The summed E-state index contributed by atoms with van der Waals surface area (Å²) >= 11 is 0. The van der Waals surface area contributed by atoms with Crippen LogP contribution in [0.3, 0.4) is 0 Å². The van der Waals surface area contributed by atoms with Gasteiger partial charge >= 0.3 is 0 Å². The predicted octanol–water partition coefficient (Wildman–Crippen LogP) is 1.82. The Morgan fingerprint density at radius 2 is 1.73 bits per heavy atom. The van der Waals surface area contributed by atoms with Gasteiger partial charge in [-0.2, -0.15) is 0 Å². The third kappa shape index (κ3) is 3.83. The number of hydrogen-bond donors (Lipinski definition) is 3. The van der Waals surface area contributed by atoms with Gasteiger partial charge in [0, 0.05) is 0 Å². The minimum absolute atomic E-state index is 0.368. The number of benzene rings is 1. The van der Waals surface area contributed by atoms with E-state index in [-0.39, 0.29) is 0 Å². The maximum Gasteiger partial charge on any atom is 0.211 e. The van der Waals surface area contributed by atoms with Crippen molar-refractivity contribution in [1.82, 2.24) is 4.91 Å². The average Bonchev–Trinajstić information content (AvgIpc) is 1.97. The first-order valence-electron chi connectivity index (χ1n) is 3.00. The molecule has 0 aromatic heterocycles. The molecule has 0 aliphatic carbocycles. The quantitative estimate of drug-likeness (QED) is 0.384. The van der Waals surface area contributed by atoms with Gasteiger partial charge in [0.25, 0.3) is 0 Å². The fraction of sp³-hybridized carbons (Fsp3) is 0.143. The number of hydrogen-bond acceptors (Lipinski definition) is 3. The highest BCUT2D eigenvalue weighted by molar-refractivity contribution is 5.29.